The molecule has 1 N–H and O–H groups in total. The van der Waals surface area contributed by atoms with Gasteiger partial charge in [0.05, 0.1) is 22.1 Å². The number of aromatic nitrogens is 1. The summed E-state index contributed by atoms with van der Waals surface area (Å²) in [5.41, 5.74) is -2.16. The largest absolute Gasteiger partial charge is 0.394 e. The van der Waals surface area contributed by atoms with Gasteiger partial charge in [-0.05, 0) is 56.4 Å². The van der Waals surface area contributed by atoms with E-state index in [2.05, 4.69) is 10.3 Å². The molecule has 7 heteroatoms. The summed E-state index contributed by atoms with van der Waals surface area (Å²) in [4.78, 5) is 16.8. The normalized spacial score (nSPS) is 36.1. The van der Waals surface area contributed by atoms with Crippen molar-refractivity contribution in [1.82, 2.24) is 4.98 Å². The number of hydrogen-bond acceptors (Lipinski definition) is 3. The molecule has 4 bridgehead atoms. The number of halogens is 3. The van der Waals surface area contributed by atoms with Crippen LogP contribution in [-0.4, -0.2) is 17.1 Å². The molecule has 2 atom stereocenters. The van der Waals surface area contributed by atoms with E-state index in [9.17, 15) is 18.0 Å². The minimum absolute atomic E-state index is 0.0403. The van der Waals surface area contributed by atoms with Crippen LogP contribution in [0.3, 0.4) is 0 Å². The Morgan fingerprint density at radius 2 is 1.96 bits per heavy atom. The summed E-state index contributed by atoms with van der Waals surface area (Å²) in [5.74, 6) is -0.457. The molecule has 2 unspecified atom stereocenters. The van der Waals surface area contributed by atoms with E-state index < -0.39 is 17.0 Å². The molecule has 4 saturated carbocycles. The fourth-order valence-corrected chi connectivity index (χ4v) is 5.71. The zero-order valence-electron chi connectivity index (χ0n) is 13.6. The number of nitrogens with one attached hydrogen (secondary N) is 1. The van der Waals surface area contributed by atoms with E-state index in [0.29, 0.717) is 18.5 Å². The monoisotopic (exact) mass is 349 g/mol. The lowest BCUT2D eigenvalue weighted by Gasteiger charge is -2.61. The van der Waals surface area contributed by atoms with Gasteiger partial charge in [0.25, 0.3) is 0 Å². The second kappa shape index (κ2) is 5.20. The fraction of sp³-hybridized carbons (Fsp3) is 0.611. The third-order valence-corrected chi connectivity index (χ3v) is 6.33. The number of hydrogen-bond donors (Lipinski definition) is 1. The van der Waals surface area contributed by atoms with E-state index in [1.165, 1.54) is 18.5 Å². The minimum atomic E-state index is -4.27. The molecule has 1 aromatic heterocycles. The molecule has 0 saturated heterocycles. The molecule has 4 aliphatic carbocycles. The van der Waals surface area contributed by atoms with Crippen molar-refractivity contribution >= 4 is 11.6 Å². The van der Waals surface area contributed by atoms with E-state index >= 15 is 0 Å². The van der Waals surface area contributed by atoms with Crippen LogP contribution in [0.15, 0.2) is 18.5 Å². The molecule has 0 radical (unpaired) electrons. The maximum absolute atomic E-state index is 13.8. The molecule has 1 heterocycles. The van der Waals surface area contributed by atoms with Gasteiger partial charge in [0, 0.05) is 12.4 Å². The molecule has 4 aliphatic rings. The Balaban J connectivity index is 1.66. The Kier molecular flexibility index (Phi) is 3.40. The highest BCUT2D eigenvalue weighted by molar-refractivity contribution is 5.96. The number of nitrogens with zero attached hydrogens (tertiary/aromatic N) is 2. The lowest BCUT2D eigenvalue weighted by Crippen LogP contribution is -2.60. The predicted octanol–water partition coefficient (Wildman–Crippen LogP) is 4.04. The molecule has 5 rings (SSSR count). The Hall–Kier alpha value is -2.10. The molecule has 4 fully saturated rings. The number of alkyl halides is 3. The molecular formula is C18H18F3N3O. The van der Waals surface area contributed by atoms with Crippen LogP contribution in [0.1, 0.15) is 44.1 Å². The summed E-state index contributed by atoms with van der Waals surface area (Å²) >= 11 is 0. The summed E-state index contributed by atoms with van der Waals surface area (Å²) in [6.07, 6.45) is 0.521. The van der Waals surface area contributed by atoms with Gasteiger partial charge >= 0.3 is 6.18 Å². The van der Waals surface area contributed by atoms with Gasteiger partial charge in [0.2, 0.25) is 5.91 Å². The van der Waals surface area contributed by atoms with Gasteiger partial charge in [-0.15, -0.1) is 0 Å². The van der Waals surface area contributed by atoms with Crippen molar-refractivity contribution in [2.75, 3.05) is 5.32 Å². The first-order valence-electron chi connectivity index (χ1n) is 8.49. The van der Waals surface area contributed by atoms with Crippen LogP contribution in [0.5, 0.6) is 0 Å². The van der Waals surface area contributed by atoms with Gasteiger partial charge in [0.15, 0.2) is 0 Å². The molecule has 4 nitrogen and oxygen atoms in total. The molecule has 0 aromatic carbocycles. The number of nitriles is 1. The fourth-order valence-electron chi connectivity index (χ4n) is 5.71. The molecule has 1 amide bonds. The van der Waals surface area contributed by atoms with Gasteiger partial charge in [-0.3, -0.25) is 9.78 Å². The van der Waals surface area contributed by atoms with Crippen molar-refractivity contribution in [3.63, 3.8) is 0 Å². The van der Waals surface area contributed by atoms with Gasteiger partial charge < -0.3 is 5.32 Å². The van der Waals surface area contributed by atoms with Crippen LogP contribution in [-0.2, 0) is 4.79 Å². The number of carbonyl (C=O) groups excluding carboxylic acids is 1. The molecule has 25 heavy (non-hydrogen) atoms. The summed E-state index contributed by atoms with van der Waals surface area (Å²) < 4.78 is 41.4. The first kappa shape index (κ1) is 16.4. The van der Waals surface area contributed by atoms with Gasteiger partial charge in [0.1, 0.15) is 6.07 Å². The van der Waals surface area contributed by atoms with E-state index in [-0.39, 0.29) is 42.6 Å². The second-order valence-corrected chi connectivity index (χ2v) is 8.01. The quantitative estimate of drug-likeness (QED) is 0.876. The van der Waals surface area contributed by atoms with Crippen molar-refractivity contribution in [3.8, 4) is 6.07 Å². The van der Waals surface area contributed by atoms with E-state index in [1.54, 1.807) is 0 Å². The molecule has 0 aliphatic heterocycles. The van der Waals surface area contributed by atoms with E-state index in [1.807, 2.05) is 6.07 Å². The zero-order valence-corrected chi connectivity index (χ0v) is 13.6. The highest BCUT2D eigenvalue weighted by Crippen LogP contribution is 2.69. The highest BCUT2D eigenvalue weighted by Gasteiger charge is 2.68. The standard InChI is InChI=1S/C18H18F3N3O/c19-18(20,21)17-6-11-3-12(7-17)5-16(4-11,10-17)15(25)24-14-1-2-23-9-13(14)8-22/h1-2,9,11-12H,3-7,10H2,(H,23,24,25). The Morgan fingerprint density at radius 1 is 1.28 bits per heavy atom. The first-order valence-corrected chi connectivity index (χ1v) is 8.49. The summed E-state index contributed by atoms with van der Waals surface area (Å²) in [7, 11) is 0. The third kappa shape index (κ3) is 2.42. The van der Waals surface area contributed by atoms with Gasteiger partial charge in [-0.25, -0.2) is 0 Å². The summed E-state index contributed by atoms with van der Waals surface area (Å²) in [6, 6.07) is 3.46. The molecule has 0 spiro atoms. The highest BCUT2D eigenvalue weighted by atomic mass is 19.4. The maximum Gasteiger partial charge on any atom is 0.394 e. The van der Waals surface area contributed by atoms with Crippen molar-refractivity contribution in [2.24, 2.45) is 22.7 Å². The molecule has 1 aromatic rings. The van der Waals surface area contributed by atoms with Gasteiger partial charge in [-0.1, -0.05) is 0 Å². The average molecular weight is 349 g/mol. The Bertz CT molecular complexity index is 754. The lowest BCUT2D eigenvalue weighted by atomic mass is 9.43. The van der Waals surface area contributed by atoms with Crippen LogP contribution in [0.25, 0.3) is 0 Å². The van der Waals surface area contributed by atoms with Crippen LogP contribution in [0.2, 0.25) is 0 Å². The smallest absolute Gasteiger partial charge is 0.324 e. The van der Waals surface area contributed by atoms with Crippen LogP contribution < -0.4 is 5.32 Å². The summed E-state index contributed by atoms with van der Waals surface area (Å²) in [6.45, 7) is 0. The Labute approximate surface area is 143 Å². The predicted molar refractivity (Wildman–Crippen MR) is 83.2 cm³/mol. The van der Waals surface area contributed by atoms with Crippen LogP contribution in [0.4, 0.5) is 18.9 Å². The maximum atomic E-state index is 13.8. The number of rotatable bonds is 2. The molecular weight excluding hydrogens is 331 g/mol. The van der Waals surface area contributed by atoms with E-state index in [4.69, 9.17) is 5.26 Å². The van der Waals surface area contributed by atoms with Crippen LogP contribution in [0, 0.1) is 34.0 Å². The van der Waals surface area contributed by atoms with Crippen molar-refractivity contribution in [1.29, 1.82) is 5.26 Å². The van der Waals surface area contributed by atoms with Gasteiger partial charge in [-0.2, -0.15) is 18.4 Å². The van der Waals surface area contributed by atoms with Crippen molar-refractivity contribution in [2.45, 2.75) is 44.7 Å². The topological polar surface area (TPSA) is 65.8 Å². The number of pyridine rings is 1. The SMILES string of the molecule is N#Cc1cnccc1NC(=O)C12CC3CC(C1)CC(C(F)(F)F)(C3)C2. The first-order chi connectivity index (χ1) is 11.8. The second-order valence-electron chi connectivity index (χ2n) is 8.01. The van der Waals surface area contributed by atoms with Crippen molar-refractivity contribution in [3.05, 3.63) is 24.0 Å². The summed E-state index contributed by atoms with van der Waals surface area (Å²) in [5, 5.41) is 11.8. The minimum Gasteiger partial charge on any atom is -0.324 e. The van der Waals surface area contributed by atoms with Crippen molar-refractivity contribution < 1.29 is 18.0 Å². The zero-order chi connectivity index (χ0) is 17.9. The number of carbonyl (C=O) groups is 1. The number of amides is 1. The van der Waals surface area contributed by atoms with E-state index in [0.717, 1.165) is 6.42 Å². The third-order valence-electron chi connectivity index (χ3n) is 6.33. The Morgan fingerprint density at radius 3 is 2.56 bits per heavy atom. The average Bonchev–Trinajstić information content (AvgIpc) is 2.53. The lowest BCUT2D eigenvalue weighted by molar-refractivity contribution is -0.283. The molecule has 132 valence electrons. The van der Waals surface area contributed by atoms with Crippen LogP contribution >= 0.6 is 0 Å². The number of anilines is 1.